The van der Waals surface area contributed by atoms with Gasteiger partial charge in [-0.2, -0.15) is 0 Å². The lowest BCUT2D eigenvalue weighted by molar-refractivity contribution is -0.144. The third-order valence-corrected chi connectivity index (χ3v) is 2.94. The van der Waals surface area contributed by atoms with E-state index in [-0.39, 0.29) is 6.42 Å². The van der Waals surface area contributed by atoms with Crippen LogP contribution in [0.1, 0.15) is 27.2 Å². The van der Waals surface area contributed by atoms with E-state index in [2.05, 4.69) is 5.32 Å². The quantitative estimate of drug-likeness (QED) is 0.759. The van der Waals surface area contributed by atoms with E-state index in [0.29, 0.717) is 5.75 Å². The molecule has 6 heteroatoms. The monoisotopic (exact) mass is 309 g/mol. The van der Waals surface area contributed by atoms with Gasteiger partial charge in [-0.3, -0.25) is 4.79 Å². The van der Waals surface area contributed by atoms with Gasteiger partial charge >= 0.3 is 5.97 Å². The van der Waals surface area contributed by atoms with E-state index in [0.717, 1.165) is 0 Å². The molecule has 0 aliphatic carbocycles. The van der Waals surface area contributed by atoms with Crippen LogP contribution in [-0.4, -0.2) is 28.6 Å². The Morgan fingerprint density at radius 2 is 1.95 bits per heavy atom. The molecule has 2 N–H and O–H groups in total. The van der Waals surface area contributed by atoms with Crippen LogP contribution in [0.4, 0.5) is 4.39 Å². The largest absolute Gasteiger partial charge is 0.480 e. The molecule has 0 saturated heterocycles. The van der Waals surface area contributed by atoms with Gasteiger partial charge < -0.3 is 15.2 Å². The predicted molar refractivity (Wildman–Crippen MR) is 80.1 cm³/mol. The number of carbonyl (C=O) groups excluding carboxylic acids is 1. The molecular weight excluding hydrogens is 289 g/mol. The summed E-state index contributed by atoms with van der Waals surface area (Å²) in [6.07, 6.45) is 3.55. The van der Waals surface area contributed by atoms with E-state index in [4.69, 9.17) is 9.84 Å². The third-order valence-electron chi connectivity index (χ3n) is 2.94. The Labute approximate surface area is 128 Å². The number of ether oxygens (including phenoxy) is 1. The van der Waals surface area contributed by atoms with Gasteiger partial charge in [-0.25, -0.2) is 9.18 Å². The molecule has 1 aromatic rings. The standard InChI is InChI=1S/C16H20FNO4/c1-4-5-6-13(14(19)20)18-15(21)16(2,3)22-12-9-7-11(17)8-10-12/h4-5,7-10,13H,6H2,1-3H3,(H,18,21)(H,19,20)/b5-4+. The second-order valence-electron chi connectivity index (χ2n) is 5.24. The second-order valence-corrected chi connectivity index (χ2v) is 5.24. The van der Waals surface area contributed by atoms with E-state index >= 15 is 0 Å². The maximum Gasteiger partial charge on any atom is 0.326 e. The van der Waals surface area contributed by atoms with E-state index in [1.54, 1.807) is 19.1 Å². The Kier molecular flexibility index (Phi) is 6.10. The van der Waals surface area contributed by atoms with Crippen LogP contribution < -0.4 is 10.1 Å². The van der Waals surface area contributed by atoms with Crippen molar-refractivity contribution in [3.8, 4) is 5.75 Å². The number of aliphatic carboxylic acids is 1. The minimum absolute atomic E-state index is 0.185. The molecule has 0 spiro atoms. The van der Waals surface area contributed by atoms with Crippen LogP contribution in [0.5, 0.6) is 5.75 Å². The Bertz CT molecular complexity index is 552. The molecule has 1 unspecified atom stereocenters. The van der Waals surface area contributed by atoms with E-state index < -0.39 is 29.3 Å². The van der Waals surface area contributed by atoms with Crippen LogP contribution in [0.15, 0.2) is 36.4 Å². The molecule has 0 heterocycles. The van der Waals surface area contributed by atoms with Crippen molar-refractivity contribution in [2.75, 3.05) is 0 Å². The zero-order valence-electron chi connectivity index (χ0n) is 12.8. The number of carboxylic acids is 1. The van der Waals surface area contributed by atoms with E-state index in [1.807, 2.05) is 0 Å². The van der Waals surface area contributed by atoms with Crippen molar-refractivity contribution >= 4 is 11.9 Å². The molecule has 1 rings (SSSR count). The number of hydrogen-bond acceptors (Lipinski definition) is 3. The maximum atomic E-state index is 12.9. The zero-order valence-corrected chi connectivity index (χ0v) is 12.8. The highest BCUT2D eigenvalue weighted by Gasteiger charge is 2.33. The van der Waals surface area contributed by atoms with Crippen LogP contribution >= 0.6 is 0 Å². The fourth-order valence-electron chi connectivity index (χ4n) is 1.67. The molecule has 120 valence electrons. The van der Waals surface area contributed by atoms with E-state index in [1.165, 1.54) is 38.1 Å². The number of benzene rings is 1. The number of carbonyl (C=O) groups is 2. The lowest BCUT2D eigenvalue weighted by Gasteiger charge is -2.27. The molecule has 0 aliphatic heterocycles. The highest BCUT2D eigenvalue weighted by Crippen LogP contribution is 2.19. The van der Waals surface area contributed by atoms with Crippen LogP contribution in [0.25, 0.3) is 0 Å². The number of carboxylic acid groups (broad SMARTS) is 1. The van der Waals surface area contributed by atoms with Crippen LogP contribution in [-0.2, 0) is 9.59 Å². The van der Waals surface area contributed by atoms with Crippen molar-refractivity contribution < 1.29 is 23.8 Å². The average Bonchev–Trinajstić information content (AvgIpc) is 2.45. The van der Waals surface area contributed by atoms with Gasteiger partial charge in [0.05, 0.1) is 0 Å². The van der Waals surface area contributed by atoms with Gasteiger partial charge in [-0.05, 0) is 51.5 Å². The predicted octanol–water partition coefficient (Wildman–Crippen LogP) is 2.52. The lowest BCUT2D eigenvalue weighted by Crippen LogP contribution is -2.52. The summed E-state index contributed by atoms with van der Waals surface area (Å²) in [7, 11) is 0. The Morgan fingerprint density at radius 1 is 1.36 bits per heavy atom. The molecule has 0 fully saturated rings. The van der Waals surface area contributed by atoms with Crippen molar-refractivity contribution in [1.82, 2.24) is 5.32 Å². The number of rotatable bonds is 7. The minimum Gasteiger partial charge on any atom is -0.480 e. The number of amides is 1. The molecular formula is C16H20FNO4. The number of hydrogen-bond donors (Lipinski definition) is 2. The molecule has 22 heavy (non-hydrogen) atoms. The smallest absolute Gasteiger partial charge is 0.326 e. The summed E-state index contributed by atoms with van der Waals surface area (Å²) in [5.74, 6) is -1.77. The van der Waals surface area contributed by atoms with Crippen LogP contribution in [0.2, 0.25) is 0 Å². The number of halogens is 1. The summed E-state index contributed by atoms with van der Waals surface area (Å²) < 4.78 is 18.4. The normalized spacial score (nSPS) is 12.9. The summed E-state index contributed by atoms with van der Waals surface area (Å²) in [4.78, 5) is 23.3. The van der Waals surface area contributed by atoms with Crippen molar-refractivity contribution in [1.29, 1.82) is 0 Å². The molecule has 1 amide bonds. The molecule has 1 atom stereocenters. The average molecular weight is 309 g/mol. The molecule has 0 radical (unpaired) electrons. The molecule has 0 aromatic heterocycles. The Morgan fingerprint density at radius 3 is 2.45 bits per heavy atom. The third kappa shape index (κ3) is 5.20. The topological polar surface area (TPSA) is 75.6 Å². The van der Waals surface area contributed by atoms with Gasteiger partial charge in [0.1, 0.15) is 17.6 Å². The Hall–Kier alpha value is -2.37. The molecule has 0 aliphatic rings. The summed E-state index contributed by atoms with van der Waals surface area (Å²) in [6.45, 7) is 4.79. The molecule has 1 aromatic carbocycles. The second kappa shape index (κ2) is 7.59. The van der Waals surface area contributed by atoms with Crippen molar-refractivity contribution in [3.63, 3.8) is 0 Å². The van der Waals surface area contributed by atoms with Crippen LogP contribution in [0, 0.1) is 5.82 Å². The SMILES string of the molecule is C/C=C/CC(NC(=O)C(C)(C)Oc1ccc(F)cc1)C(=O)O. The van der Waals surface area contributed by atoms with E-state index in [9.17, 15) is 14.0 Å². The zero-order chi connectivity index (χ0) is 16.8. The van der Waals surface area contributed by atoms with Gasteiger partial charge in [0.15, 0.2) is 5.60 Å². The van der Waals surface area contributed by atoms with Gasteiger partial charge in [0, 0.05) is 0 Å². The van der Waals surface area contributed by atoms with Crippen molar-refractivity contribution in [2.45, 2.75) is 38.8 Å². The summed E-state index contributed by atoms with van der Waals surface area (Å²) in [6, 6.07) is 4.21. The highest BCUT2D eigenvalue weighted by molar-refractivity contribution is 5.89. The fraction of sp³-hybridized carbons (Fsp3) is 0.375. The number of allylic oxidation sites excluding steroid dienone is 1. The highest BCUT2D eigenvalue weighted by atomic mass is 19.1. The first-order chi connectivity index (χ1) is 10.3. The van der Waals surface area contributed by atoms with Crippen molar-refractivity contribution in [2.24, 2.45) is 0 Å². The minimum atomic E-state index is -1.29. The first-order valence-electron chi connectivity index (χ1n) is 6.85. The molecule has 0 bridgehead atoms. The molecule has 0 saturated carbocycles. The first-order valence-corrected chi connectivity index (χ1v) is 6.85. The van der Waals surface area contributed by atoms with Gasteiger partial charge in [-0.15, -0.1) is 0 Å². The number of nitrogens with one attached hydrogen (secondary N) is 1. The van der Waals surface area contributed by atoms with Crippen molar-refractivity contribution in [3.05, 3.63) is 42.2 Å². The van der Waals surface area contributed by atoms with Gasteiger partial charge in [0.25, 0.3) is 5.91 Å². The summed E-state index contributed by atoms with van der Waals surface area (Å²) in [5.41, 5.74) is -1.29. The summed E-state index contributed by atoms with van der Waals surface area (Å²) in [5, 5.41) is 11.5. The maximum absolute atomic E-state index is 12.9. The fourth-order valence-corrected chi connectivity index (χ4v) is 1.67. The molecule has 5 nitrogen and oxygen atoms in total. The summed E-state index contributed by atoms with van der Waals surface area (Å²) >= 11 is 0. The Balaban J connectivity index is 2.75. The lowest BCUT2D eigenvalue weighted by atomic mass is 10.1. The van der Waals surface area contributed by atoms with Gasteiger partial charge in [-0.1, -0.05) is 12.2 Å². The van der Waals surface area contributed by atoms with Gasteiger partial charge in [0.2, 0.25) is 0 Å². The van der Waals surface area contributed by atoms with Crippen LogP contribution in [0.3, 0.4) is 0 Å². The first kappa shape index (κ1) is 17.7.